The van der Waals surface area contributed by atoms with Crippen molar-refractivity contribution in [2.45, 2.75) is 52.0 Å². The Hall–Kier alpha value is -1.65. The van der Waals surface area contributed by atoms with Gasteiger partial charge in [0.2, 0.25) is 5.91 Å². The van der Waals surface area contributed by atoms with Gasteiger partial charge in [-0.3, -0.25) is 4.79 Å². The quantitative estimate of drug-likeness (QED) is 0.899. The van der Waals surface area contributed by atoms with Gasteiger partial charge in [0.1, 0.15) is 17.6 Å². The number of nitrogens with one attached hydrogen (secondary N) is 1. The minimum absolute atomic E-state index is 0.00948. The summed E-state index contributed by atoms with van der Waals surface area (Å²) >= 11 is 0. The molecule has 108 valence electrons. The van der Waals surface area contributed by atoms with Gasteiger partial charge in [-0.05, 0) is 19.8 Å². The lowest BCUT2D eigenvalue weighted by atomic mass is 10.0. The summed E-state index contributed by atoms with van der Waals surface area (Å²) in [5, 5.41) is 2.92. The smallest absolute Gasteiger partial charge is 0.246 e. The maximum Gasteiger partial charge on any atom is 0.246 e. The lowest BCUT2D eigenvalue weighted by Crippen LogP contribution is -2.45. The van der Waals surface area contributed by atoms with Crippen molar-refractivity contribution in [3.05, 3.63) is 11.5 Å². The average molecular weight is 274 g/mol. The number of carbonyl (C=O) groups excluding carboxylic acids is 1. The third-order valence-electron chi connectivity index (χ3n) is 4.61. The van der Waals surface area contributed by atoms with Crippen molar-refractivity contribution < 1.29 is 4.79 Å². The standard InChI is InChI=1S/C15H22N4O/c1-9-13-14(19(3)10(2)15(20)18-13)17-12(16-9)8-11-6-4-5-7-11/h10-11H,4-8H2,1-3H3,(H,18,20)/t10-/m0/s1. The third-order valence-corrected chi connectivity index (χ3v) is 4.61. The summed E-state index contributed by atoms with van der Waals surface area (Å²) < 4.78 is 0. The molecule has 2 aliphatic rings. The lowest BCUT2D eigenvalue weighted by Gasteiger charge is -2.32. The summed E-state index contributed by atoms with van der Waals surface area (Å²) in [5.74, 6) is 2.52. The van der Waals surface area contributed by atoms with Crippen LogP contribution in [-0.4, -0.2) is 29.0 Å². The maximum atomic E-state index is 11.9. The van der Waals surface area contributed by atoms with E-state index in [0.29, 0.717) is 0 Å². The van der Waals surface area contributed by atoms with Crippen LogP contribution in [0.5, 0.6) is 0 Å². The van der Waals surface area contributed by atoms with E-state index in [9.17, 15) is 4.79 Å². The summed E-state index contributed by atoms with van der Waals surface area (Å²) in [6.07, 6.45) is 6.22. The minimum Gasteiger partial charge on any atom is -0.346 e. The van der Waals surface area contributed by atoms with Gasteiger partial charge in [-0.15, -0.1) is 0 Å². The molecule has 1 atom stereocenters. The number of carbonyl (C=O) groups is 1. The first kappa shape index (κ1) is 13.3. The second-order valence-electron chi connectivity index (χ2n) is 6.05. The molecule has 0 spiro atoms. The number of hydrogen-bond donors (Lipinski definition) is 1. The van der Waals surface area contributed by atoms with Crippen LogP contribution in [0.15, 0.2) is 0 Å². The zero-order valence-corrected chi connectivity index (χ0v) is 12.4. The number of anilines is 2. The number of aromatic nitrogens is 2. The van der Waals surface area contributed by atoms with E-state index in [1.165, 1.54) is 25.7 Å². The highest BCUT2D eigenvalue weighted by Crippen LogP contribution is 2.33. The molecule has 0 saturated heterocycles. The van der Waals surface area contributed by atoms with E-state index in [2.05, 4.69) is 10.3 Å². The molecule has 1 amide bonds. The molecular weight excluding hydrogens is 252 g/mol. The summed E-state index contributed by atoms with van der Waals surface area (Å²) in [6.45, 7) is 3.84. The summed E-state index contributed by atoms with van der Waals surface area (Å²) in [5.41, 5.74) is 1.64. The Balaban J connectivity index is 1.92. The van der Waals surface area contributed by atoms with Crippen molar-refractivity contribution in [3.63, 3.8) is 0 Å². The Kier molecular flexibility index (Phi) is 3.36. The Bertz CT molecular complexity index is 537. The third kappa shape index (κ3) is 2.25. The number of fused-ring (bicyclic) bond motifs is 1. The van der Waals surface area contributed by atoms with E-state index < -0.39 is 0 Å². The number of aryl methyl sites for hydroxylation is 1. The molecule has 0 bridgehead atoms. The Labute approximate surface area is 119 Å². The van der Waals surface area contributed by atoms with Gasteiger partial charge in [-0.25, -0.2) is 9.97 Å². The molecule has 1 aliphatic carbocycles. The van der Waals surface area contributed by atoms with E-state index in [0.717, 1.165) is 35.4 Å². The fourth-order valence-electron chi connectivity index (χ4n) is 3.17. The van der Waals surface area contributed by atoms with Crippen LogP contribution in [0.2, 0.25) is 0 Å². The van der Waals surface area contributed by atoms with Crippen LogP contribution in [0.4, 0.5) is 11.5 Å². The first-order valence-electron chi connectivity index (χ1n) is 7.47. The van der Waals surface area contributed by atoms with Crippen molar-refractivity contribution >= 4 is 17.4 Å². The first-order chi connectivity index (χ1) is 9.56. The molecule has 3 rings (SSSR count). The van der Waals surface area contributed by atoms with Crippen molar-refractivity contribution in [3.8, 4) is 0 Å². The van der Waals surface area contributed by atoms with E-state index in [-0.39, 0.29) is 11.9 Å². The zero-order valence-electron chi connectivity index (χ0n) is 12.4. The second-order valence-corrected chi connectivity index (χ2v) is 6.05. The molecule has 1 saturated carbocycles. The lowest BCUT2D eigenvalue weighted by molar-refractivity contribution is -0.117. The van der Waals surface area contributed by atoms with Crippen LogP contribution >= 0.6 is 0 Å². The van der Waals surface area contributed by atoms with Crippen LogP contribution in [0.1, 0.15) is 44.1 Å². The number of rotatable bonds is 2. The monoisotopic (exact) mass is 274 g/mol. The highest BCUT2D eigenvalue weighted by molar-refractivity contribution is 6.02. The molecule has 20 heavy (non-hydrogen) atoms. The van der Waals surface area contributed by atoms with Crippen LogP contribution in [0.3, 0.4) is 0 Å². The fourth-order valence-corrected chi connectivity index (χ4v) is 3.17. The largest absolute Gasteiger partial charge is 0.346 e. The second kappa shape index (κ2) is 5.04. The van der Waals surface area contributed by atoms with Gasteiger partial charge in [0.05, 0.1) is 5.69 Å². The molecule has 0 radical (unpaired) electrons. The molecule has 1 aromatic rings. The van der Waals surface area contributed by atoms with Gasteiger partial charge < -0.3 is 10.2 Å². The van der Waals surface area contributed by atoms with Crippen LogP contribution in [0, 0.1) is 12.8 Å². The molecule has 5 heteroatoms. The predicted molar refractivity (Wildman–Crippen MR) is 78.9 cm³/mol. The van der Waals surface area contributed by atoms with Gasteiger partial charge in [-0.2, -0.15) is 0 Å². The zero-order chi connectivity index (χ0) is 14.3. The van der Waals surface area contributed by atoms with Gasteiger partial charge in [0.15, 0.2) is 5.82 Å². The van der Waals surface area contributed by atoms with Gasteiger partial charge in [0, 0.05) is 13.5 Å². The molecule has 0 unspecified atom stereocenters. The van der Waals surface area contributed by atoms with Crippen molar-refractivity contribution in [2.75, 3.05) is 17.3 Å². The number of hydrogen-bond acceptors (Lipinski definition) is 4. The van der Waals surface area contributed by atoms with E-state index >= 15 is 0 Å². The topological polar surface area (TPSA) is 58.1 Å². The molecule has 1 aromatic heterocycles. The molecule has 1 aliphatic heterocycles. The van der Waals surface area contributed by atoms with Gasteiger partial charge in [0.25, 0.3) is 0 Å². The van der Waals surface area contributed by atoms with Crippen molar-refractivity contribution in [1.29, 1.82) is 0 Å². The van der Waals surface area contributed by atoms with Crippen molar-refractivity contribution in [2.24, 2.45) is 5.92 Å². The summed E-state index contributed by atoms with van der Waals surface area (Å²) in [6, 6.07) is -0.184. The molecule has 2 heterocycles. The van der Waals surface area contributed by atoms with Crippen LogP contribution in [0.25, 0.3) is 0 Å². The van der Waals surface area contributed by atoms with Crippen molar-refractivity contribution in [1.82, 2.24) is 9.97 Å². The van der Waals surface area contributed by atoms with E-state index in [4.69, 9.17) is 4.98 Å². The molecule has 1 N–H and O–H groups in total. The average Bonchev–Trinajstić information content (AvgIpc) is 2.91. The number of nitrogens with zero attached hydrogens (tertiary/aromatic N) is 3. The SMILES string of the molecule is Cc1nc(CC2CCCC2)nc2c1NC(=O)[C@H](C)N2C. The number of amides is 1. The molecule has 0 aromatic carbocycles. The first-order valence-corrected chi connectivity index (χ1v) is 7.47. The fraction of sp³-hybridized carbons (Fsp3) is 0.667. The summed E-state index contributed by atoms with van der Waals surface area (Å²) in [7, 11) is 1.92. The Morgan fingerprint density at radius 1 is 1.30 bits per heavy atom. The Morgan fingerprint density at radius 2 is 2.00 bits per heavy atom. The highest BCUT2D eigenvalue weighted by atomic mass is 16.2. The number of likely N-dealkylation sites (N-methyl/N-ethyl adjacent to an activating group) is 1. The van der Waals surface area contributed by atoms with Gasteiger partial charge in [-0.1, -0.05) is 25.7 Å². The molecule has 5 nitrogen and oxygen atoms in total. The highest BCUT2D eigenvalue weighted by Gasteiger charge is 2.30. The predicted octanol–water partition coefficient (Wildman–Crippen LogP) is 2.29. The van der Waals surface area contributed by atoms with Crippen LogP contribution < -0.4 is 10.2 Å². The summed E-state index contributed by atoms with van der Waals surface area (Å²) in [4.78, 5) is 23.1. The minimum atomic E-state index is -0.184. The molecular formula is C15H22N4O. The van der Waals surface area contributed by atoms with Gasteiger partial charge >= 0.3 is 0 Å². The molecule has 1 fully saturated rings. The van der Waals surface area contributed by atoms with Crippen LogP contribution in [-0.2, 0) is 11.2 Å². The normalized spacial score (nSPS) is 22.9. The van der Waals surface area contributed by atoms with E-state index in [1.807, 2.05) is 25.8 Å². The van der Waals surface area contributed by atoms with E-state index in [1.54, 1.807) is 0 Å². The maximum absolute atomic E-state index is 11.9. The Morgan fingerprint density at radius 3 is 2.70 bits per heavy atom.